The standard InChI is InChI=1S/C12H10BrNO.BrH/c1-15-12-3-2-10(8-11(12)13)9-4-6-14-7-5-9;/h2-8H,1H3;1H. The summed E-state index contributed by atoms with van der Waals surface area (Å²) in [4.78, 5) is 3.99. The molecule has 0 saturated carbocycles. The Bertz CT molecular complexity index is 460. The van der Waals surface area contributed by atoms with Crippen LogP contribution in [0.3, 0.4) is 0 Å². The van der Waals surface area contributed by atoms with E-state index in [-0.39, 0.29) is 17.0 Å². The van der Waals surface area contributed by atoms with Crippen LogP contribution >= 0.6 is 32.9 Å². The molecule has 0 spiro atoms. The quantitative estimate of drug-likeness (QED) is 0.818. The zero-order chi connectivity index (χ0) is 10.7. The van der Waals surface area contributed by atoms with Gasteiger partial charge in [-0.05, 0) is 51.3 Å². The summed E-state index contributed by atoms with van der Waals surface area (Å²) in [5.74, 6) is 0.841. The van der Waals surface area contributed by atoms with Crippen LogP contribution in [0, 0.1) is 0 Å². The van der Waals surface area contributed by atoms with Crippen molar-refractivity contribution in [3.8, 4) is 16.9 Å². The third-order valence-corrected chi connectivity index (χ3v) is 2.79. The summed E-state index contributed by atoms with van der Waals surface area (Å²) in [6, 6.07) is 9.97. The van der Waals surface area contributed by atoms with E-state index in [0.29, 0.717) is 0 Å². The molecule has 0 atom stereocenters. The molecule has 2 nitrogen and oxygen atoms in total. The molecule has 0 aliphatic carbocycles. The molecule has 1 aromatic heterocycles. The largest absolute Gasteiger partial charge is 0.496 e. The monoisotopic (exact) mass is 343 g/mol. The lowest BCUT2D eigenvalue weighted by atomic mass is 10.1. The van der Waals surface area contributed by atoms with Crippen molar-refractivity contribution in [2.24, 2.45) is 0 Å². The second-order valence-corrected chi connectivity index (χ2v) is 3.94. The highest BCUT2D eigenvalue weighted by molar-refractivity contribution is 9.10. The highest BCUT2D eigenvalue weighted by Crippen LogP contribution is 2.29. The number of aromatic nitrogens is 1. The summed E-state index contributed by atoms with van der Waals surface area (Å²) in [5.41, 5.74) is 2.29. The molecule has 1 heterocycles. The zero-order valence-electron chi connectivity index (χ0n) is 8.68. The third-order valence-electron chi connectivity index (χ3n) is 2.17. The lowest BCUT2D eigenvalue weighted by Gasteiger charge is -2.06. The SMILES string of the molecule is Br.COc1ccc(-c2ccncc2)cc1Br. The molecule has 1 aromatic carbocycles. The van der Waals surface area contributed by atoms with Crippen LogP contribution in [0.1, 0.15) is 0 Å². The van der Waals surface area contributed by atoms with Crippen LogP contribution in [0.2, 0.25) is 0 Å². The summed E-state index contributed by atoms with van der Waals surface area (Å²) < 4.78 is 6.13. The van der Waals surface area contributed by atoms with Crippen molar-refractivity contribution in [3.63, 3.8) is 0 Å². The summed E-state index contributed by atoms with van der Waals surface area (Å²) in [7, 11) is 1.66. The lowest BCUT2D eigenvalue weighted by Crippen LogP contribution is -1.85. The van der Waals surface area contributed by atoms with Gasteiger partial charge in [0.05, 0.1) is 11.6 Å². The van der Waals surface area contributed by atoms with Gasteiger partial charge in [0.25, 0.3) is 0 Å². The minimum atomic E-state index is 0. The van der Waals surface area contributed by atoms with Crippen molar-refractivity contribution in [1.29, 1.82) is 0 Å². The van der Waals surface area contributed by atoms with Gasteiger partial charge >= 0.3 is 0 Å². The molecule has 0 unspecified atom stereocenters. The van der Waals surface area contributed by atoms with Crippen molar-refractivity contribution >= 4 is 32.9 Å². The Morgan fingerprint density at radius 2 is 1.75 bits per heavy atom. The fourth-order valence-electron chi connectivity index (χ4n) is 1.39. The number of nitrogens with zero attached hydrogens (tertiary/aromatic N) is 1. The van der Waals surface area contributed by atoms with Crippen LogP contribution in [0.25, 0.3) is 11.1 Å². The average Bonchev–Trinajstić information content (AvgIpc) is 2.30. The van der Waals surface area contributed by atoms with E-state index in [1.807, 2.05) is 30.3 Å². The van der Waals surface area contributed by atoms with Gasteiger partial charge in [-0.3, -0.25) is 4.98 Å². The third kappa shape index (κ3) is 2.83. The molecule has 0 bridgehead atoms. The first-order valence-corrected chi connectivity index (χ1v) is 5.34. The lowest BCUT2D eigenvalue weighted by molar-refractivity contribution is 0.412. The highest BCUT2D eigenvalue weighted by Gasteiger charge is 2.02. The van der Waals surface area contributed by atoms with Gasteiger partial charge in [-0.25, -0.2) is 0 Å². The molecule has 2 rings (SSSR count). The van der Waals surface area contributed by atoms with E-state index in [1.165, 1.54) is 0 Å². The van der Waals surface area contributed by atoms with Crippen LogP contribution in [0.5, 0.6) is 5.75 Å². The Kier molecular flexibility index (Phi) is 4.96. The van der Waals surface area contributed by atoms with Gasteiger partial charge in [-0.15, -0.1) is 17.0 Å². The molecule has 0 fully saturated rings. The first-order valence-electron chi connectivity index (χ1n) is 4.55. The molecule has 0 N–H and O–H groups in total. The molecule has 0 aliphatic heterocycles. The van der Waals surface area contributed by atoms with Crippen molar-refractivity contribution in [2.45, 2.75) is 0 Å². The van der Waals surface area contributed by atoms with Crippen molar-refractivity contribution in [3.05, 3.63) is 47.2 Å². The minimum Gasteiger partial charge on any atom is -0.496 e. The smallest absolute Gasteiger partial charge is 0.133 e. The predicted octanol–water partition coefficient (Wildman–Crippen LogP) is 4.10. The van der Waals surface area contributed by atoms with E-state index < -0.39 is 0 Å². The Morgan fingerprint density at radius 1 is 1.06 bits per heavy atom. The van der Waals surface area contributed by atoms with E-state index in [0.717, 1.165) is 21.3 Å². The molecule has 0 saturated heterocycles. The van der Waals surface area contributed by atoms with Gasteiger partial charge < -0.3 is 4.74 Å². The van der Waals surface area contributed by atoms with Crippen LogP contribution in [0.15, 0.2) is 47.2 Å². The maximum absolute atomic E-state index is 5.18. The number of halogens is 2. The fraction of sp³-hybridized carbons (Fsp3) is 0.0833. The number of benzene rings is 1. The van der Waals surface area contributed by atoms with Gasteiger partial charge in [-0.2, -0.15) is 0 Å². The predicted molar refractivity (Wildman–Crippen MR) is 74.2 cm³/mol. The van der Waals surface area contributed by atoms with Gasteiger partial charge in [-0.1, -0.05) is 6.07 Å². The molecular formula is C12H11Br2NO. The van der Waals surface area contributed by atoms with Gasteiger partial charge in [0.15, 0.2) is 0 Å². The number of pyridine rings is 1. The molecule has 0 aliphatic rings. The van der Waals surface area contributed by atoms with E-state index in [2.05, 4.69) is 20.9 Å². The highest BCUT2D eigenvalue weighted by atomic mass is 79.9. The molecule has 2 aromatic rings. The fourth-order valence-corrected chi connectivity index (χ4v) is 1.93. The molecule has 4 heteroatoms. The second kappa shape index (κ2) is 6.01. The molecule has 0 amide bonds. The first-order chi connectivity index (χ1) is 7.31. The second-order valence-electron chi connectivity index (χ2n) is 3.09. The van der Waals surface area contributed by atoms with Crippen LogP contribution < -0.4 is 4.74 Å². The molecular weight excluding hydrogens is 334 g/mol. The van der Waals surface area contributed by atoms with Gasteiger partial charge in [0.2, 0.25) is 0 Å². The first kappa shape index (κ1) is 13.2. The molecule has 84 valence electrons. The normalized spacial score (nSPS) is 9.38. The average molecular weight is 345 g/mol. The Labute approximate surface area is 114 Å². The zero-order valence-corrected chi connectivity index (χ0v) is 12.0. The minimum absolute atomic E-state index is 0. The maximum Gasteiger partial charge on any atom is 0.133 e. The van der Waals surface area contributed by atoms with Crippen LogP contribution in [-0.4, -0.2) is 12.1 Å². The number of methoxy groups -OCH3 is 1. The summed E-state index contributed by atoms with van der Waals surface area (Å²) >= 11 is 3.46. The topological polar surface area (TPSA) is 22.1 Å². The number of hydrogen-bond donors (Lipinski definition) is 0. The van der Waals surface area contributed by atoms with Crippen molar-refractivity contribution < 1.29 is 4.74 Å². The molecule has 16 heavy (non-hydrogen) atoms. The Morgan fingerprint density at radius 3 is 2.31 bits per heavy atom. The maximum atomic E-state index is 5.18. The summed E-state index contributed by atoms with van der Waals surface area (Å²) in [5, 5.41) is 0. The van der Waals surface area contributed by atoms with Gasteiger partial charge in [0, 0.05) is 12.4 Å². The van der Waals surface area contributed by atoms with Crippen LogP contribution in [0.4, 0.5) is 0 Å². The number of rotatable bonds is 2. The van der Waals surface area contributed by atoms with E-state index in [1.54, 1.807) is 19.5 Å². The summed E-state index contributed by atoms with van der Waals surface area (Å²) in [6.07, 6.45) is 3.57. The van der Waals surface area contributed by atoms with E-state index in [9.17, 15) is 0 Å². The number of hydrogen-bond acceptors (Lipinski definition) is 2. The van der Waals surface area contributed by atoms with Crippen molar-refractivity contribution in [1.82, 2.24) is 4.98 Å². The van der Waals surface area contributed by atoms with Crippen LogP contribution in [-0.2, 0) is 0 Å². The van der Waals surface area contributed by atoms with Gasteiger partial charge in [0.1, 0.15) is 5.75 Å². The summed E-state index contributed by atoms with van der Waals surface area (Å²) in [6.45, 7) is 0. The molecule has 0 radical (unpaired) electrons. The Balaban J connectivity index is 0.00000128. The number of ether oxygens (including phenoxy) is 1. The Hall–Kier alpha value is -0.870. The van der Waals surface area contributed by atoms with Crippen molar-refractivity contribution in [2.75, 3.05) is 7.11 Å². The van der Waals surface area contributed by atoms with E-state index in [4.69, 9.17) is 4.74 Å². The van der Waals surface area contributed by atoms with E-state index >= 15 is 0 Å².